The molecule has 3 heteroatoms. The van der Waals surface area contributed by atoms with Gasteiger partial charge in [0.2, 0.25) is 5.91 Å². The third kappa shape index (κ3) is 2.89. The first-order chi connectivity index (χ1) is 5.33. The molecule has 0 bridgehead atoms. The van der Waals surface area contributed by atoms with Gasteiger partial charge in [0.25, 0.3) is 0 Å². The predicted molar refractivity (Wildman–Crippen MR) is 43.3 cm³/mol. The molecule has 0 spiro atoms. The van der Waals surface area contributed by atoms with E-state index in [-0.39, 0.29) is 5.91 Å². The van der Waals surface area contributed by atoms with Crippen LogP contribution in [0.5, 0.6) is 0 Å². The highest BCUT2D eigenvalue weighted by atomic mass is 16.1. The molecule has 0 aromatic carbocycles. The van der Waals surface area contributed by atoms with Gasteiger partial charge in [-0.3, -0.25) is 4.79 Å². The summed E-state index contributed by atoms with van der Waals surface area (Å²) in [5, 5.41) is 6.97. The van der Waals surface area contributed by atoms with Gasteiger partial charge >= 0.3 is 0 Å². The van der Waals surface area contributed by atoms with Crippen LogP contribution in [0, 0.1) is 0 Å². The molecule has 63 valence electrons. The van der Waals surface area contributed by atoms with Crippen molar-refractivity contribution in [2.45, 2.75) is 31.7 Å². The highest BCUT2D eigenvalue weighted by molar-refractivity contribution is 5.75. The van der Waals surface area contributed by atoms with Crippen LogP contribution in [0.3, 0.4) is 0 Å². The Morgan fingerprint density at radius 3 is 3.09 bits per heavy atom. The lowest BCUT2D eigenvalue weighted by molar-refractivity contribution is -0.120. The molecule has 1 N–H and O–H groups in total. The minimum absolute atomic E-state index is 0.132. The van der Waals surface area contributed by atoms with E-state index in [4.69, 9.17) is 0 Å². The maximum absolute atomic E-state index is 10.8. The van der Waals surface area contributed by atoms with Gasteiger partial charge in [-0.1, -0.05) is 0 Å². The Bertz CT molecular complexity index is 130. The van der Waals surface area contributed by atoms with Crippen LogP contribution in [0.25, 0.3) is 0 Å². The quantitative estimate of drug-likeness (QED) is 0.625. The van der Waals surface area contributed by atoms with Crippen molar-refractivity contribution in [3.05, 3.63) is 0 Å². The van der Waals surface area contributed by atoms with Crippen molar-refractivity contribution in [2.24, 2.45) is 0 Å². The Morgan fingerprint density at radius 1 is 1.73 bits per heavy atom. The average Bonchev–Trinajstić information content (AvgIpc) is 2.52. The van der Waals surface area contributed by atoms with Gasteiger partial charge in [-0.25, -0.2) is 5.32 Å². The number of carbonyl (C=O) groups excluding carboxylic acids is 1. The number of rotatable bonds is 3. The number of nitrogens with one attached hydrogen (secondary N) is 1. The summed E-state index contributed by atoms with van der Waals surface area (Å²) in [5.41, 5.74) is 0. The highest BCUT2D eigenvalue weighted by Gasteiger charge is 2.15. The van der Waals surface area contributed by atoms with Crippen molar-refractivity contribution in [1.29, 1.82) is 0 Å². The zero-order valence-corrected chi connectivity index (χ0v) is 6.97. The molecule has 0 aromatic heterocycles. The molecule has 1 heterocycles. The van der Waals surface area contributed by atoms with Gasteiger partial charge < -0.3 is 5.32 Å². The predicted octanol–water partition coefficient (Wildman–Crippen LogP) is 0.279. The van der Waals surface area contributed by atoms with Crippen LogP contribution in [-0.2, 0) is 4.79 Å². The van der Waals surface area contributed by atoms with E-state index in [1.165, 1.54) is 12.8 Å². The first-order valence-electron chi connectivity index (χ1n) is 4.20. The lowest BCUT2D eigenvalue weighted by Gasteiger charge is -2.06. The molecule has 1 unspecified atom stereocenters. The van der Waals surface area contributed by atoms with Crippen LogP contribution >= 0.6 is 0 Å². The monoisotopic (exact) mass is 155 g/mol. The first-order valence-corrected chi connectivity index (χ1v) is 4.20. The Balaban J connectivity index is 2.06. The zero-order chi connectivity index (χ0) is 8.10. The fraction of sp³-hybridized carbons (Fsp3) is 0.875. The van der Waals surface area contributed by atoms with Crippen molar-refractivity contribution in [3.63, 3.8) is 0 Å². The lowest BCUT2D eigenvalue weighted by Crippen LogP contribution is -2.21. The molecule has 1 fully saturated rings. The molecule has 1 amide bonds. The van der Waals surface area contributed by atoms with E-state index in [2.05, 4.69) is 10.6 Å². The normalized spacial score (nSPS) is 23.5. The standard InChI is InChI=1S/C8H15N2O/c1-9-8(11)5-4-7-3-2-6-10-7/h7H,2-6H2,1H3,(H,9,11). The fourth-order valence-corrected chi connectivity index (χ4v) is 1.35. The van der Waals surface area contributed by atoms with Gasteiger partial charge in [0.15, 0.2) is 0 Å². The van der Waals surface area contributed by atoms with Crippen LogP contribution in [0.4, 0.5) is 0 Å². The first kappa shape index (κ1) is 8.53. The third-order valence-corrected chi connectivity index (χ3v) is 2.07. The Labute approximate surface area is 67.5 Å². The number of carbonyl (C=O) groups is 1. The molecule has 1 saturated heterocycles. The SMILES string of the molecule is CNC(=O)CCC1CCC[N]1. The van der Waals surface area contributed by atoms with Gasteiger partial charge in [0.1, 0.15) is 0 Å². The minimum atomic E-state index is 0.132. The van der Waals surface area contributed by atoms with Gasteiger partial charge in [0.05, 0.1) is 0 Å². The molecule has 3 nitrogen and oxygen atoms in total. The summed E-state index contributed by atoms with van der Waals surface area (Å²) in [7, 11) is 1.67. The van der Waals surface area contributed by atoms with Crippen LogP contribution in [0.2, 0.25) is 0 Å². The molecular weight excluding hydrogens is 140 g/mol. The van der Waals surface area contributed by atoms with Crippen molar-refractivity contribution < 1.29 is 4.79 Å². The van der Waals surface area contributed by atoms with Crippen molar-refractivity contribution in [3.8, 4) is 0 Å². The van der Waals surface area contributed by atoms with E-state index >= 15 is 0 Å². The molecule has 1 atom stereocenters. The molecular formula is C8H15N2O. The molecule has 1 aliphatic rings. The molecule has 1 aliphatic heterocycles. The third-order valence-electron chi connectivity index (χ3n) is 2.07. The maximum Gasteiger partial charge on any atom is 0.219 e. The van der Waals surface area contributed by atoms with E-state index in [0.29, 0.717) is 12.5 Å². The highest BCUT2D eigenvalue weighted by Crippen LogP contribution is 2.11. The fourth-order valence-electron chi connectivity index (χ4n) is 1.35. The number of hydrogen-bond donors (Lipinski definition) is 1. The summed E-state index contributed by atoms with van der Waals surface area (Å²) in [6, 6.07) is 0.465. The van der Waals surface area contributed by atoms with E-state index < -0.39 is 0 Å². The molecule has 0 saturated carbocycles. The summed E-state index contributed by atoms with van der Waals surface area (Å²) >= 11 is 0. The minimum Gasteiger partial charge on any atom is -0.359 e. The summed E-state index contributed by atoms with van der Waals surface area (Å²) in [6.07, 6.45) is 3.94. The molecule has 1 radical (unpaired) electrons. The Morgan fingerprint density at radius 2 is 2.55 bits per heavy atom. The van der Waals surface area contributed by atoms with Crippen LogP contribution in [0.15, 0.2) is 0 Å². The average molecular weight is 155 g/mol. The van der Waals surface area contributed by atoms with Gasteiger partial charge in [0, 0.05) is 26.1 Å². The number of hydrogen-bond acceptors (Lipinski definition) is 1. The smallest absolute Gasteiger partial charge is 0.219 e. The molecule has 1 rings (SSSR count). The Hall–Kier alpha value is -0.570. The lowest BCUT2D eigenvalue weighted by atomic mass is 10.1. The second-order valence-corrected chi connectivity index (χ2v) is 2.91. The van der Waals surface area contributed by atoms with Gasteiger partial charge in [-0.15, -0.1) is 0 Å². The summed E-state index contributed by atoms with van der Waals surface area (Å²) in [6.45, 7) is 0.998. The van der Waals surface area contributed by atoms with Gasteiger partial charge in [-0.2, -0.15) is 0 Å². The second-order valence-electron chi connectivity index (χ2n) is 2.91. The van der Waals surface area contributed by atoms with Crippen molar-refractivity contribution >= 4 is 5.91 Å². The van der Waals surface area contributed by atoms with E-state index in [0.717, 1.165) is 13.0 Å². The van der Waals surface area contributed by atoms with Gasteiger partial charge in [-0.05, 0) is 19.3 Å². The van der Waals surface area contributed by atoms with Crippen LogP contribution < -0.4 is 10.6 Å². The maximum atomic E-state index is 10.8. The molecule has 11 heavy (non-hydrogen) atoms. The van der Waals surface area contributed by atoms with Crippen molar-refractivity contribution in [1.82, 2.24) is 10.6 Å². The number of amides is 1. The second kappa shape index (κ2) is 4.34. The summed E-state index contributed by atoms with van der Waals surface area (Å²) in [5.74, 6) is 0.132. The van der Waals surface area contributed by atoms with Crippen LogP contribution in [-0.4, -0.2) is 25.5 Å². The van der Waals surface area contributed by atoms with E-state index in [9.17, 15) is 4.79 Å². The van der Waals surface area contributed by atoms with E-state index in [1.807, 2.05) is 0 Å². The largest absolute Gasteiger partial charge is 0.359 e. The zero-order valence-electron chi connectivity index (χ0n) is 6.97. The topological polar surface area (TPSA) is 43.2 Å². The molecule has 0 aliphatic carbocycles. The molecule has 0 aromatic rings. The number of nitrogens with zero attached hydrogens (tertiary/aromatic N) is 1. The van der Waals surface area contributed by atoms with E-state index in [1.54, 1.807) is 7.05 Å². The van der Waals surface area contributed by atoms with Crippen LogP contribution in [0.1, 0.15) is 25.7 Å². The Kier molecular flexibility index (Phi) is 3.36. The van der Waals surface area contributed by atoms with Crippen molar-refractivity contribution in [2.75, 3.05) is 13.6 Å². The summed E-state index contributed by atoms with van der Waals surface area (Å²) in [4.78, 5) is 10.8. The summed E-state index contributed by atoms with van der Waals surface area (Å²) < 4.78 is 0.